The van der Waals surface area contributed by atoms with E-state index in [-0.39, 0.29) is 12.1 Å². The minimum atomic E-state index is 0.252. The summed E-state index contributed by atoms with van der Waals surface area (Å²) in [5.74, 6) is 3.13. The van der Waals surface area contributed by atoms with E-state index in [1.54, 1.807) is 7.11 Å². The summed E-state index contributed by atoms with van der Waals surface area (Å²) in [6.07, 6.45) is 1.38. The second-order valence-electron chi connectivity index (χ2n) is 5.59. The number of rotatable bonds is 6. The Morgan fingerprint density at radius 2 is 2.19 bits per heavy atom. The van der Waals surface area contributed by atoms with Gasteiger partial charge in [0, 0.05) is 11.5 Å². The van der Waals surface area contributed by atoms with Crippen molar-refractivity contribution in [2.45, 2.75) is 39.3 Å². The van der Waals surface area contributed by atoms with Crippen LogP contribution in [0.3, 0.4) is 0 Å². The van der Waals surface area contributed by atoms with Gasteiger partial charge in [-0.05, 0) is 49.6 Å². The molecule has 0 aliphatic carbocycles. The first kappa shape index (κ1) is 16.7. The standard InChI is InChI=1S/C17H27NO2S/c1-5-6-18-17(16-11-21-8-7-20-16)14-9-13(3)15(19-4)10-12(14)2/h9-10,16-18H,5-8,11H2,1-4H3. The lowest BCUT2D eigenvalue weighted by molar-refractivity contribution is 0.0466. The lowest BCUT2D eigenvalue weighted by Gasteiger charge is -2.32. The summed E-state index contributed by atoms with van der Waals surface area (Å²) in [6, 6.07) is 4.66. The van der Waals surface area contributed by atoms with Crippen LogP contribution < -0.4 is 10.1 Å². The normalized spacial score (nSPS) is 20.3. The summed E-state index contributed by atoms with van der Waals surface area (Å²) < 4.78 is 11.5. The van der Waals surface area contributed by atoms with Crippen molar-refractivity contribution in [1.82, 2.24) is 5.32 Å². The van der Waals surface area contributed by atoms with Crippen molar-refractivity contribution in [3.8, 4) is 5.75 Å². The van der Waals surface area contributed by atoms with Crippen LogP contribution in [0.4, 0.5) is 0 Å². The summed E-state index contributed by atoms with van der Waals surface area (Å²) in [6.45, 7) is 8.34. The van der Waals surface area contributed by atoms with Crippen LogP contribution in [-0.4, -0.2) is 37.9 Å². The number of aryl methyl sites for hydroxylation is 2. The number of benzene rings is 1. The molecule has 0 amide bonds. The lowest BCUT2D eigenvalue weighted by atomic mass is 9.94. The third-order valence-corrected chi connectivity index (χ3v) is 4.97. The van der Waals surface area contributed by atoms with Crippen molar-refractivity contribution < 1.29 is 9.47 Å². The van der Waals surface area contributed by atoms with E-state index in [1.807, 2.05) is 11.8 Å². The summed E-state index contributed by atoms with van der Waals surface area (Å²) in [5.41, 5.74) is 3.80. The van der Waals surface area contributed by atoms with Crippen molar-refractivity contribution in [1.29, 1.82) is 0 Å². The van der Waals surface area contributed by atoms with E-state index >= 15 is 0 Å². The van der Waals surface area contributed by atoms with Crippen molar-refractivity contribution in [2.75, 3.05) is 31.8 Å². The first-order valence-corrected chi connectivity index (χ1v) is 8.90. The average Bonchev–Trinajstić information content (AvgIpc) is 2.51. The number of thioether (sulfide) groups is 1. The van der Waals surface area contributed by atoms with Crippen LogP contribution in [0.2, 0.25) is 0 Å². The molecule has 1 heterocycles. The first-order chi connectivity index (χ1) is 10.2. The minimum absolute atomic E-state index is 0.252. The zero-order chi connectivity index (χ0) is 15.2. The summed E-state index contributed by atoms with van der Waals surface area (Å²) >= 11 is 1.99. The SMILES string of the molecule is CCCNC(c1cc(C)c(OC)cc1C)C1CSCCO1. The maximum absolute atomic E-state index is 6.03. The van der Waals surface area contributed by atoms with E-state index in [1.165, 1.54) is 16.7 Å². The monoisotopic (exact) mass is 309 g/mol. The molecule has 1 aromatic rings. The third kappa shape index (κ3) is 4.15. The Bertz CT molecular complexity index is 458. The zero-order valence-electron chi connectivity index (χ0n) is 13.6. The Morgan fingerprint density at radius 1 is 1.38 bits per heavy atom. The minimum Gasteiger partial charge on any atom is -0.496 e. The maximum atomic E-state index is 6.03. The van der Waals surface area contributed by atoms with Gasteiger partial charge in [-0.2, -0.15) is 11.8 Å². The van der Waals surface area contributed by atoms with E-state index in [2.05, 4.69) is 38.2 Å². The molecule has 0 radical (unpaired) electrons. The molecule has 0 spiro atoms. The van der Waals surface area contributed by atoms with Crippen LogP contribution in [0.25, 0.3) is 0 Å². The van der Waals surface area contributed by atoms with Gasteiger partial charge in [-0.1, -0.05) is 13.0 Å². The smallest absolute Gasteiger partial charge is 0.122 e. The molecule has 2 atom stereocenters. The van der Waals surface area contributed by atoms with Crippen molar-refractivity contribution in [2.24, 2.45) is 0 Å². The van der Waals surface area contributed by atoms with Crippen LogP contribution in [-0.2, 0) is 4.74 Å². The Labute approximate surface area is 132 Å². The number of hydrogen-bond acceptors (Lipinski definition) is 4. The molecule has 118 valence electrons. The van der Waals surface area contributed by atoms with E-state index in [9.17, 15) is 0 Å². The molecule has 0 aromatic heterocycles. The molecule has 21 heavy (non-hydrogen) atoms. The third-order valence-electron chi connectivity index (χ3n) is 3.95. The first-order valence-electron chi connectivity index (χ1n) is 7.75. The lowest BCUT2D eigenvalue weighted by Crippen LogP contribution is -2.39. The quantitative estimate of drug-likeness (QED) is 0.871. The van der Waals surface area contributed by atoms with Crippen molar-refractivity contribution in [3.63, 3.8) is 0 Å². The molecule has 1 aliphatic heterocycles. The average molecular weight is 309 g/mol. The van der Waals surface area contributed by atoms with E-state index in [0.29, 0.717) is 0 Å². The van der Waals surface area contributed by atoms with Gasteiger partial charge < -0.3 is 14.8 Å². The largest absolute Gasteiger partial charge is 0.496 e. The highest BCUT2D eigenvalue weighted by Gasteiger charge is 2.27. The molecule has 1 fully saturated rings. The second kappa shape index (κ2) is 8.06. The Balaban J connectivity index is 2.28. The molecule has 1 N–H and O–H groups in total. The fourth-order valence-corrected chi connectivity index (χ4v) is 3.71. The van der Waals surface area contributed by atoms with Gasteiger partial charge >= 0.3 is 0 Å². The fourth-order valence-electron chi connectivity index (χ4n) is 2.81. The summed E-state index contributed by atoms with van der Waals surface area (Å²) in [5, 5.41) is 3.68. The van der Waals surface area contributed by atoms with Gasteiger partial charge in [-0.3, -0.25) is 0 Å². The molecule has 2 unspecified atom stereocenters. The highest BCUT2D eigenvalue weighted by atomic mass is 32.2. The van der Waals surface area contributed by atoms with Crippen molar-refractivity contribution in [3.05, 3.63) is 28.8 Å². The number of ether oxygens (including phenoxy) is 2. The van der Waals surface area contributed by atoms with Gasteiger partial charge in [-0.15, -0.1) is 0 Å². The zero-order valence-corrected chi connectivity index (χ0v) is 14.4. The molecular formula is C17H27NO2S. The summed E-state index contributed by atoms with van der Waals surface area (Å²) in [4.78, 5) is 0. The number of methoxy groups -OCH3 is 1. The van der Waals surface area contributed by atoms with Crippen molar-refractivity contribution >= 4 is 11.8 Å². The van der Waals surface area contributed by atoms with Crippen LogP contribution in [0, 0.1) is 13.8 Å². The summed E-state index contributed by atoms with van der Waals surface area (Å²) in [7, 11) is 1.73. The molecule has 0 saturated carbocycles. The molecule has 1 aromatic carbocycles. The predicted octanol–water partition coefficient (Wildman–Crippen LogP) is 3.48. The van der Waals surface area contributed by atoms with Gasteiger partial charge in [0.1, 0.15) is 5.75 Å². The Morgan fingerprint density at radius 3 is 2.81 bits per heavy atom. The fraction of sp³-hybridized carbons (Fsp3) is 0.647. The number of hydrogen-bond donors (Lipinski definition) is 1. The molecule has 2 rings (SSSR count). The van der Waals surface area contributed by atoms with Gasteiger partial charge in [-0.25, -0.2) is 0 Å². The molecule has 4 heteroatoms. The van der Waals surface area contributed by atoms with Gasteiger partial charge in [0.15, 0.2) is 0 Å². The number of nitrogens with one attached hydrogen (secondary N) is 1. The van der Waals surface area contributed by atoms with Crippen LogP contribution >= 0.6 is 11.8 Å². The topological polar surface area (TPSA) is 30.5 Å². The van der Waals surface area contributed by atoms with Gasteiger partial charge in [0.2, 0.25) is 0 Å². The van der Waals surface area contributed by atoms with Crippen LogP contribution in [0.1, 0.15) is 36.1 Å². The van der Waals surface area contributed by atoms with E-state index in [0.717, 1.165) is 36.8 Å². The predicted molar refractivity (Wildman–Crippen MR) is 90.6 cm³/mol. The van der Waals surface area contributed by atoms with Gasteiger partial charge in [0.25, 0.3) is 0 Å². The molecule has 1 aliphatic rings. The van der Waals surface area contributed by atoms with E-state index < -0.39 is 0 Å². The Hall–Kier alpha value is -0.710. The molecule has 0 bridgehead atoms. The Kier molecular flexibility index (Phi) is 6.40. The highest BCUT2D eigenvalue weighted by molar-refractivity contribution is 7.99. The van der Waals surface area contributed by atoms with Gasteiger partial charge in [0.05, 0.1) is 25.9 Å². The van der Waals surface area contributed by atoms with Crippen LogP contribution in [0.5, 0.6) is 5.75 Å². The molecular weight excluding hydrogens is 282 g/mol. The second-order valence-corrected chi connectivity index (χ2v) is 6.74. The molecule has 1 saturated heterocycles. The van der Waals surface area contributed by atoms with E-state index in [4.69, 9.17) is 9.47 Å². The highest BCUT2D eigenvalue weighted by Crippen LogP contribution is 2.31. The van der Waals surface area contributed by atoms with Crippen LogP contribution in [0.15, 0.2) is 12.1 Å². The maximum Gasteiger partial charge on any atom is 0.122 e. The molecule has 3 nitrogen and oxygen atoms in total.